The predicted molar refractivity (Wildman–Crippen MR) is 90.1 cm³/mol. The number of methoxy groups -OCH3 is 1. The quantitative estimate of drug-likeness (QED) is 0.834. The molecule has 1 fully saturated rings. The number of halogens is 2. The summed E-state index contributed by atoms with van der Waals surface area (Å²) >= 11 is 12.1. The van der Waals surface area contributed by atoms with Crippen molar-refractivity contribution in [2.24, 2.45) is 0 Å². The molecule has 1 N–H and O–H groups in total. The highest BCUT2D eigenvalue weighted by Crippen LogP contribution is 2.26. The van der Waals surface area contributed by atoms with Crippen molar-refractivity contribution in [3.05, 3.63) is 28.2 Å². The highest BCUT2D eigenvalue weighted by atomic mass is 35.5. The van der Waals surface area contributed by atoms with Gasteiger partial charge in [-0.1, -0.05) is 23.2 Å². The normalized spacial score (nSPS) is 15.0. The summed E-state index contributed by atoms with van der Waals surface area (Å²) in [6, 6.07) is 5.50. The molecule has 5 nitrogen and oxygen atoms in total. The summed E-state index contributed by atoms with van der Waals surface area (Å²) in [5, 5.41) is 4.16. The van der Waals surface area contributed by atoms with Crippen LogP contribution in [-0.2, 0) is 4.74 Å². The van der Waals surface area contributed by atoms with Gasteiger partial charge in [-0.05, 0) is 24.6 Å². The van der Waals surface area contributed by atoms with Crippen molar-refractivity contribution < 1.29 is 9.53 Å². The summed E-state index contributed by atoms with van der Waals surface area (Å²) in [6.45, 7) is 4.19. The van der Waals surface area contributed by atoms with Crippen LogP contribution in [0.15, 0.2) is 18.2 Å². The van der Waals surface area contributed by atoms with Gasteiger partial charge in [0, 0.05) is 62.2 Å². The minimum atomic E-state index is -0.0140. The molecule has 0 saturated carbocycles. The Hall–Kier alpha value is -1.17. The van der Waals surface area contributed by atoms with Crippen LogP contribution in [0.1, 0.15) is 6.42 Å². The van der Waals surface area contributed by atoms with Gasteiger partial charge in [0.25, 0.3) is 0 Å². The van der Waals surface area contributed by atoms with Gasteiger partial charge in [-0.15, -0.1) is 0 Å². The number of nitrogens with one attached hydrogen (secondary N) is 1. The highest BCUT2D eigenvalue weighted by Gasteiger charge is 2.21. The summed E-state index contributed by atoms with van der Waals surface area (Å²) in [4.78, 5) is 16.0. The Morgan fingerprint density at radius 2 is 1.82 bits per heavy atom. The lowest BCUT2D eigenvalue weighted by molar-refractivity contribution is 0.183. The molecular weight excluding hydrogens is 325 g/mol. The Morgan fingerprint density at radius 1 is 1.18 bits per heavy atom. The fourth-order valence-corrected chi connectivity index (χ4v) is 2.93. The molecule has 1 aliphatic heterocycles. The SMILES string of the molecule is COCCCNC(=O)N1CCN(c2cc(Cl)cc(Cl)c2)CC1. The maximum Gasteiger partial charge on any atom is 0.317 e. The number of hydrogen-bond acceptors (Lipinski definition) is 3. The Bertz CT molecular complexity index is 485. The minimum Gasteiger partial charge on any atom is -0.385 e. The van der Waals surface area contributed by atoms with Gasteiger partial charge in [0.15, 0.2) is 0 Å². The van der Waals surface area contributed by atoms with Crippen molar-refractivity contribution >= 4 is 34.9 Å². The third kappa shape index (κ3) is 4.93. The highest BCUT2D eigenvalue weighted by molar-refractivity contribution is 6.35. The van der Waals surface area contributed by atoms with Crippen LogP contribution in [0.3, 0.4) is 0 Å². The molecule has 2 amide bonds. The van der Waals surface area contributed by atoms with Crippen LogP contribution >= 0.6 is 23.2 Å². The zero-order chi connectivity index (χ0) is 15.9. The van der Waals surface area contributed by atoms with E-state index in [9.17, 15) is 4.79 Å². The topological polar surface area (TPSA) is 44.8 Å². The summed E-state index contributed by atoms with van der Waals surface area (Å²) in [7, 11) is 1.66. The van der Waals surface area contributed by atoms with E-state index in [4.69, 9.17) is 27.9 Å². The first-order chi connectivity index (χ1) is 10.6. The van der Waals surface area contributed by atoms with E-state index in [1.807, 2.05) is 17.0 Å². The molecule has 0 radical (unpaired) electrons. The van der Waals surface area contributed by atoms with Crippen molar-refractivity contribution in [1.29, 1.82) is 0 Å². The van der Waals surface area contributed by atoms with Gasteiger partial charge < -0.3 is 19.9 Å². The summed E-state index contributed by atoms with van der Waals surface area (Å²) in [6.07, 6.45) is 0.823. The van der Waals surface area contributed by atoms with Crippen molar-refractivity contribution in [2.45, 2.75) is 6.42 Å². The molecule has 0 bridgehead atoms. The molecule has 0 atom stereocenters. The Kier molecular flexibility index (Phi) is 6.61. The number of nitrogens with zero attached hydrogens (tertiary/aromatic N) is 2. The first kappa shape index (κ1) is 17.2. The van der Waals surface area contributed by atoms with Crippen LogP contribution in [0.5, 0.6) is 0 Å². The molecule has 0 aliphatic carbocycles. The van der Waals surface area contributed by atoms with Crippen LogP contribution < -0.4 is 10.2 Å². The standard InChI is InChI=1S/C15H21Cl2N3O2/c1-22-8-2-3-18-15(21)20-6-4-19(5-7-20)14-10-12(16)9-13(17)11-14/h9-11H,2-8H2,1H3,(H,18,21). The second-order valence-corrected chi connectivity index (χ2v) is 6.05. The number of rotatable bonds is 5. The van der Waals surface area contributed by atoms with Gasteiger partial charge in [-0.2, -0.15) is 0 Å². The van der Waals surface area contributed by atoms with E-state index in [0.717, 1.165) is 25.2 Å². The van der Waals surface area contributed by atoms with E-state index < -0.39 is 0 Å². The summed E-state index contributed by atoms with van der Waals surface area (Å²) in [5.41, 5.74) is 0.998. The first-order valence-electron chi connectivity index (χ1n) is 7.33. The average Bonchev–Trinajstić information content (AvgIpc) is 2.50. The number of urea groups is 1. The van der Waals surface area contributed by atoms with Gasteiger partial charge in [0.2, 0.25) is 0 Å². The Balaban J connectivity index is 1.81. The molecule has 1 heterocycles. The fraction of sp³-hybridized carbons (Fsp3) is 0.533. The number of benzene rings is 1. The van der Waals surface area contributed by atoms with Crippen molar-refractivity contribution in [3.63, 3.8) is 0 Å². The molecular formula is C15H21Cl2N3O2. The zero-order valence-electron chi connectivity index (χ0n) is 12.6. The molecule has 122 valence electrons. The predicted octanol–water partition coefficient (Wildman–Crippen LogP) is 2.86. The number of hydrogen-bond donors (Lipinski definition) is 1. The number of anilines is 1. The second-order valence-electron chi connectivity index (χ2n) is 5.18. The lowest BCUT2D eigenvalue weighted by Crippen LogP contribution is -2.52. The molecule has 0 spiro atoms. The van der Waals surface area contributed by atoms with E-state index in [1.54, 1.807) is 13.2 Å². The molecule has 2 rings (SSSR count). The zero-order valence-corrected chi connectivity index (χ0v) is 14.2. The largest absolute Gasteiger partial charge is 0.385 e. The molecule has 1 aromatic carbocycles. The van der Waals surface area contributed by atoms with Crippen molar-refractivity contribution in [3.8, 4) is 0 Å². The third-order valence-electron chi connectivity index (χ3n) is 3.58. The van der Waals surface area contributed by atoms with Gasteiger partial charge >= 0.3 is 6.03 Å². The number of carbonyl (C=O) groups is 1. The minimum absolute atomic E-state index is 0.0140. The van der Waals surface area contributed by atoms with E-state index in [2.05, 4.69) is 10.2 Å². The Labute approximate surface area is 141 Å². The maximum absolute atomic E-state index is 12.0. The van der Waals surface area contributed by atoms with Gasteiger partial charge in [0.1, 0.15) is 0 Å². The number of amides is 2. The van der Waals surface area contributed by atoms with E-state index in [1.165, 1.54) is 0 Å². The molecule has 1 aromatic rings. The van der Waals surface area contributed by atoms with Crippen molar-refractivity contribution in [2.75, 3.05) is 51.3 Å². The van der Waals surface area contributed by atoms with Crippen LogP contribution in [-0.4, -0.2) is 57.4 Å². The lowest BCUT2D eigenvalue weighted by Gasteiger charge is -2.36. The fourth-order valence-electron chi connectivity index (χ4n) is 2.41. The maximum atomic E-state index is 12.0. The molecule has 1 aliphatic rings. The monoisotopic (exact) mass is 345 g/mol. The smallest absolute Gasteiger partial charge is 0.317 e. The average molecular weight is 346 g/mol. The second kappa shape index (κ2) is 8.46. The number of carbonyl (C=O) groups excluding carboxylic acids is 1. The van der Waals surface area contributed by atoms with Crippen molar-refractivity contribution in [1.82, 2.24) is 10.2 Å². The van der Waals surface area contributed by atoms with Crippen LogP contribution in [0.25, 0.3) is 0 Å². The molecule has 22 heavy (non-hydrogen) atoms. The Morgan fingerprint density at radius 3 is 2.41 bits per heavy atom. The van der Waals surface area contributed by atoms with E-state index in [-0.39, 0.29) is 6.03 Å². The van der Waals surface area contributed by atoms with E-state index in [0.29, 0.717) is 36.3 Å². The third-order valence-corrected chi connectivity index (χ3v) is 4.02. The van der Waals surface area contributed by atoms with E-state index >= 15 is 0 Å². The van der Waals surface area contributed by atoms with Gasteiger partial charge in [0.05, 0.1) is 0 Å². The number of piperazine rings is 1. The molecule has 1 saturated heterocycles. The van der Waals surface area contributed by atoms with Crippen LogP contribution in [0.4, 0.5) is 10.5 Å². The van der Waals surface area contributed by atoms with Crippen LogP contribution in [0.2, 0.25) is 10.0 Å². The summed E-state index contributed by atoms with van der Waals surface area (Å²) < 4.78 is 4.96. The van der Waals surface area contributed by atoms with Crippen LogP contribution in [0, 0.1) is 0 Å². The molecule has 0 unspecified atom stereocenters. The molecule has 7 heteroatoms. The van der Waals surface area contributed by atoms with Gasteiger partial charge in [-0.25, -0.2) is 4.79 Å². The molecule has 0 aromatic heterocycles. The lowest BCUT2D eigenvalue weighted by atomic mass is 10.2. The summed E-state index contributed by atoms with van der Waals surface area (Å²) in [5.74, 6) is 0. The van der Waals surface area contributed by atoms with Gasteiger partial charge in [-0.3, -0.25) is 0 Å². The number of ether oxygens (including phenoxy) is 1. The first-order valence-corrected chi connectivity index (χ1v) is 8.08.